The number of aryl methyl sites for hydroxylation is 1. The first-order valence-corrected chi connectivity index (χ1v) is 10.8. The molecule has 0 spiro atoms. The lowest BCUT2D eigenvalue weighted by atomic mass is 10.1. The summed E-state index contributed by atoms with van der Waals surface area (Å²) in [5.74, 6) is -0.214. The number of fused-ring (bicyclic) bond motifs is 1. The van der Waals surface area contributed by atoms with Crippen molar-refractivity contribution in [3.63, 3.8) is 0 Å². The van der Waals surface area contributed by atoms with Gasteiger partial charge in [-0.25, -0.2) is 23.2 Å². The van der Waals surface area contributed by atoms with Gasteiger partial charge in [0, 0.05) is 37.3 Å². The third kappa shape index (κ3) is 4.64. The van der Waals surface area contributed by atoms with Crippen molar-refractivity contribution in [3.8, 4) is 11.3 Å². The van der Waals surface area contributed by atoms with Crippen LogP contribution in [0.1, 0.15) is 24.6 Å². The van der Waals surface area contributed by atoms with Gasteiger partial charge in [-0.1, -0.05) is 30.3 Å². The summed E-state index contributed by atoms with van der Waals surface area (Å²) in [5.41, 5.74) is 1.59. The molecule has 0 N–H and O–H groups in total. The lowest BCUT2D eigenvalue weighted by molar-refractivity contribution is -0.133. The molecule has 1 aliphatic heterocycles. The van der Waals surface area contributed by atoms with Crippen LogP contribution in [-0.4, -0.2) is 69.4 Å². The van der Waals surface area contributed by atoms with E-state index in [0.29, 0.717) is 49.7 Å². The Morgan fingerprint density at radius 1 is 1.09 bits per heavy atom. The zero-order valence-corrected chi connectivity index (χ0v) is 18.5. The summed E-state index contributed by atoms with van der Waals surface area (Å²) >= 11 is 0. The molecule has 1 aliphatic rings. The average Bonchev–Trinajstić information content (AvgIpc) is 3.14. The van der Waals surface area contributed by atoms with Gasteiger partial charge < -0.3 is 14.5 Å². The summed E-state index contributed by atoms with van der Waals surface area (Å²) in [6, 6.07) is 10.4. The molecule has 1 saturated heterocycles. The van der Waals surface area contributed by atoms with Gasteiger partial charge in [-0.2, -0.15) is 5.10 Å². The molecule has 0 bridgehead atoms. The minimum absolute atomic E-state index is 0.127. The van der Waals surface area contributed by atoms with Gasteiger partial charge in [-0.3, -0.25) is 4.79 Å². The van der Waals surface area contributed by atoms with Crippen LogP contribution in [0.25, 0.3) is 22.3 Å². The summed E-state index contributed by atoms with van der Waals surface area (Å²) in [5, 5.41) is 4.63. The molecule has 2 aromatic heterocycles. The third-order valence-electron chi connectivity index (χ3n) is 5.66. The molecule has 1 fully saturated rings. The molecule has 3 aromatic rings. The second kappa shape index (κ2) is 9.51. The number of carbonyl (C=O) groups is 2. The highest BCUT2D eigenvalue weighted by Gasteiger charge is 2.27. The fraction of sp³-hybridized carbons (Fsp3) is 0.391. The average molecular weight is 457 g/mol. The molecule has 0 saturated carbocycles. The topological polar surface area (TPSA) is 80.6 Å². The number of amides is 2. The standard InChI is InChI=1S/C23H25F2N5O3/c1-3-33-23(32)29-11-9-28(10-12-29)19(31)14-30-22-20(15(2)27-30)17(21(24)25)13-18(26-22)16-7-5-4-6-8-16/h4-8,13,21H,3,9-12,14H2,1-2H3. The van der Waals surface area contributed by atoms with Crippen LogP contribution in [-0.2, 0) is 16.1 Å². The highest BCUT2D eigenvalue weighted by molar-refractivity contribution is 5.87. The van der Waals surface area contributed by atoms with Crippen molar-refractivity contribution in [2.24, 2.45) is 0 Å². The van der Waals surface area contributed by atoms with E-state index in [4.69, 9.17) is 4.74 Å². The number of halogens is 2. The van der Waals surface area contributed by atoms with Gasteiger partial charge in [-0.15, -0.1) is 0 Å². The Morgan fingerprint density at radius 2 is 1.76 bits per heavy atom. The number of benzene rings is 1. The van der Waals surface area contributed by atoms with Gasteiger partial charge in [-0.05, 0) is 19.9 Å². The maximum absolute atomic E-state index is 13.9. The maximum Gasteiger partial charge on any atom is 0.409 e. The Hall–Kier alpha value is -3.56. The summed E-state index contributed by atoms with van der Waals surface area (Å²) in [7, 11) is 0. The van der Waals surface area contributed by atoms with Crippen molar-refractivity contribution in [2.45, 2.75) is 26.8 Å². The molecule has 0 atom stereocenters. The first-order chi connectivity index (χ1) is 15.9. The number of carbonyl (C=O) groups excluding carboxylic acids is 2. The zero-order chi connectivity index (χ0) is 23.5. The third-order valence-corrected chi connectivity index (χ3v) is 5.66. The number of alkyl halides is 2. The van der Waals surface area contributed by atoms with Crippen molar-refractivity contribution < 1.29 is 23.1 Å². The minimum atomic E-state index is -2.71. The number of rotatable bonds is 5. The summed E-state index contributed by atoms with van der Waals surface area (Å²) < 4.78 is 34.2. The fourth-order valence-electron chi connectivity index (χ4n) is 4.01. The monoisotopic (exact) mass is 457 g/mol. The van der Waals surface area contributed by atoms with Crippen LogP contribution in [0, 0.1) is 6.92 Å². The second-order valence-corrected chi connectivity index (χ2v) is 7.77. The van der Waals surface area contributed by atoms with E-state index < -0.39 is 12.5 Å². The molecule has 0 aliphatic carbocycles. The molecular formula is C23H25F2N5O3. The molecule has 0 radical (unpaired) electrons. The van der Waals surface area contributed by atoms with Crippen LogP contribution in [0.5, 0.6) is 0 Å². The summed E-state index contributed by atoms with van der Waals surface area (Å²) in [6.45, 7) is 5.01. The van der Waals surface area contributed by atoms with E-state index in [1.807, 2.05) is 18.2 Å². The van der Waals surface area contributed by atoms with Crippen molar-refractivity contribution in [2.75, 3.05) is 32.8 Å². The van der Waals surface area contributed by atoms with Gasteiger partial charge in [0.2, 0.25) is 5.91 Å². The molecule has 2 amide bonds. The van der Waals surface area contributed by atoms with E-state index in [1.165, 1.54) is 10.7 Å². The van der Waals surface area contributed by atoms with Crippen molar-refractivity contribution in [1.82, 2.24) is 24.6 Å². The Labute approximate surface area is 189 Å². The molecule has 4 rings (SSSR count). The molecule has 0 unspecified atom stereocenters. The van der Waals surface area contributed by atoms with E-state index in [1.54, 1.807) is 35.8 Å². The van der Waals surface area contributed by atoms with Gasteiger partial charge >= 0.3 is 6.09 Å². The number of pyridine rings is 1. The summed E-state index contributed by atoms with van der Waals surface area (Å²) in [4.78, 5) is 32.6. The molecule has 3 heterocycles. The van der Waals surface area contributed by atoms with Crippen LogP contribution in [0.4, 0.5) is 13.6 Å². The number of hydrogen-bond acceptors (Lipinski definition) is 5. The fourth-order valence-corrected chi connectivity index (χ4v) is 4.01. The van der Waals surface area contributed by atoms with Crippen LogP contribution >= 0.6 is 0 Å². The Bertz CT molecular complexity index is 1160. The molecule has 10 heteroatoms. The predicted molar refractivity (Wildman–Crippen MR) is 118 cm³/mol. The Balaban J connectivity index is 1.60. The lowest BCUT2D eigenvalue weighted by Gasteiger charge is -2.34. The Morgan fingerprint density at radius 3 is 2.39 bits per heavy atom. The second-order valence-electron chi connectivity index (χ2n) is 7.77. The molecule has 8 nitrogen and oxygen atoms in total. The zero-order valence-electron chi connectivity index (χ0n) is 18.5. The van der Waals surface area contributed by atoms with Crippen LogP contribution in [0.2, 0.25) is 0 Å². The molecule has 1 aromatic carbocycles. The van der Waals surface area contributed by atoms with Crippen molar-refractivity contribution in [3.05, 3.63) is 47.7 Å². The quantitative estimate of drug-likeness (QED) is 0.584. The lowest BCUT2D eigenvalue weighted by Crippen LogP contribution is -2.51. The van der Waals surface area contributed by atoms with E-state index in [2.05, 4.69) is 10.1 Å². The van der Waals surface area contributed by atoms with E-state index in [0.717, 1.165) is 0 Å². The largest absolute Gasteiger partial charge is 0.450 e. The van der Waals surface area contributed by atoms with E-state index >= 15 is 0 Å². The first kappa shape index (κ1) is 22.6. The van der Waals surface area contributed by atoms with Gasteiger partial charge in [0.1, 0.15) is 6.54 Å². The number of nitrogens with zero attached hydrogens (tertiary/aromatic N) is 5. The number of aromatic nitrogens is 3. The maximum atomic E-state index is 13.9. The SMILES string of the molecule is CCOC(=O)N1CCN(C(=O)Cn2nc(C)c3c(C(F)F)cc(-c4ccccc4)nc32)CC1. The van der Waals surface area contributed by atoms with Gasteiger partial charge in [0.25, 0.3) is 6.43 Å². The van der Waals surface area contributed by atoms with E-state index in [-0.39, 0.29) is 29.0 Å². The number of hydrogen-bond donors (Lipinski definition) is 0. The number of ether oxygens (including phenoxy) is 1. The van der Waals surface area contributed by atoms with Gasteiger partial charge in [0.15, 0.2) is 5.65 Å². The normalized spacial score (nSPS) is 14.2. The van der Waals surface area contributed by atoms with Crippen molar-refractivity contribution in [1.29, 1.82) is 0 Å². The number of piperazine rings is 1. The van der Waals surface area contributed by atoms with Crippen LogP contribution in [0.15, 0.2) is 36.4 Å². The van der Waals surface area contributed by atoms with Gasteiger partial charge in [0.05, 0.1) is 23.4 Å². The highest BCUT2D eigenvalue weighted by Crippen LogP contribution is 2.33. The minimum Gasteiger partial charge on any atom is -0.450 e. The molecule has 33 heavy (non-hydrogen) atoms. The smallest absolute Gasteiger partial charge is 0.409 e. The van der Waals surface area contributed by atoms with Crippen LogP contribution in [0.3, 0.4) is 0 Å². The highest BCUT2D eigenvalue weighted by atomic mass is 19.3. The molecule has 174 valence electrons. The Kier molecular flexibility index (Phi) is 6.52. The van der Waals surface area contributed by atoms with Crippen LogP contribution < -0.4 is 0 Å². The predicted octanol–water partition coefficient (Wildman–Crippen LogP) is 3.65. The van der Waals surface area contributed by atoms with Crippen molar-refractivity contribution >= 4 is 23.0 Å². The van der Waals surface area contributed by atoms with E-state index in [9.17, 15) is 18.4 Å². The first-order valence-electron chi connectivity index (χ1n) is 10.8. The molecular weight excluding hydrogens is 432 g/mol. The summed E-state index contributed by atoms with van der Waals surface area (Å²) in [6.07, 6.45) is -3.10.